The number of amides is 2. The van der Waals surface area contributed by atoms with Crippen LogP contribution in [0.2, 0.25) is 0 Å². The molecule has 0 unspecified atom stereocenters. The number of benzene rings is 2. The number of hydrazone groups is 1. The Labute approximate surface area is 160 Å². The highest BCUT2D eigenvalue weighted by molar-refractivity contribution is 9.10. The number of nitrogens with zero attached hydrogens (tertiary/aromatic N) is 1. The molecule has 6 nitrogen and oxygen atoms in total. The highest BCUT2D eigenvalue weighted by Crippen LogP contribution is 2.15. The zero-order valence-corrected chi connectivity index (χ0v) is 16.2. The van der Waals surface area contributed by atoms with Crippen LogP contribution in [0.15, 0.2) is 58.1 Å². The van der Waals surface area contributed by atoms with Gasteiger partial charge in [0.05, 0.1) is 19.1 Å². The molecule has 26 heavy (non-hydrogen) atoms. The first-order valence-electron chi connectivity index (χ1n) is 7.97. The van der Waals surface area contributed by atoms with Gasteiger partial charge in [0.25, 0.3) is 5.91 Å². The normalized spacial score (nSPS) is 11.0. The fraction of sp³-hybridized carbons (Fsp3) is 0.211. The zero-order chi connectivity index (χ0) is 18.9. The van der Waals surface area contributed by atoms with E-state index in [9.17, 15) is 9.59 Å². The lowest BCUT2D eigenvalue weighted by molar-refractivity contribution is -0.120. The van der Waals surface area contributed by atoms with Crippen LogP contribution in [0.4, 0.5) is 0 Å². The molecule has 0 saturated carbocycles. The summed E-state index contributed by atoms with van der Waals surface area (Å²) in [5.41, 5.74) is 4.42. The van der Waals surface area contributed by atoms with Gasteiger partial charge in [0.15, 0.2) is 0 Å². The molecule has 0 heterocycles. The molecule has 0 radical (unpaired) electrons. The molecule has 0 fully saturated rings. The molecule has 2 aromatic carbocycles. The van der Waals surface area contributed by atoms with E-state index in [0.29, 0.717) is 22.3 Å². The van der Waals surface area contributed by atoms with Gasteiger partial charge in [-0.05, 0) is 52.7 Å². The minimum Gasteiger partial charge on any atom is -0.497 e. The minimum absolute atomic E-state index is 0.104. The standard InChI is InChI=1S/C19H20BrN3O3/c1-13(22-23-19(25)16-5-3-4-6-17(16)20)11-18(24)21-12-14-7-9-15(26-2)10-8-14/h3-10H,11-12H2,1-2H3,(H,21,24)(H,23,25)/b22-13+. The molecule has 2 rings (SSSR count). The maximum Gasteiger partial charge on any atom is 0.272 e. The lowest BCUT2D eigenvalue weighted by Gasteiger charge is -2.07. The Hall–Kier alpha value is -2.67. The average molecular weight is 418 g/mol. The van der Waals surface area contributed by atoms with Crippen LogP contribution < -0.4 is 15.5 Å². The van der Waals surface area contributed by atoms with Gasteiger partial charge >= 0.3 is 0 Å². The van der Waals surface area contributed by atoms with Gasteiger partial charge in [-0.3, -0.25) is 9.59 Å². The number of halogens is 1. The van der Waals surface area contributed by atoms with Crippen molar-refractivity contribution in [3.05, 3.63) is 64.1 Å². The van der Waals surface area contributed by atoms with Crippen LogP contribution in [0, 0.1) is 0 Å². The maximum atomic E-state index is 12.1. The van der Waals surface area contributed by atoms with Crippen LogP contribution in [-0.4, -0.2) is 24.6 Å². The third-order valence-corrected chi connectivity index (χ3v) is 4.22. The molecule has 2 aromatic rings. The summed E-state index contributed by atoms with van der Waals surface area (Å²) in [5.74, 6) is 0.261. The van der Waals surface area contributed by atoms with Crippen molar-refractivity contribution in [3.63, 3.8) is 0 Å². The monoisotopic (exact) mass is 417 g/mol. The first-order chi connectivity index (χ1) is 12.5. The summed E-state index contributed by atoms with van der Waals surface area (Å²) in [6.07, 6.45) is 0.104. The van der Waals surface area contributed by atoms with Crippen LogP contribution in [0.1, 0.15) is 29.3 Å². The number of methoxy groups -OCH3 is 1. The minimum atomic E-state index is -0.338. The van der Waals surface area contributed by atoms with Gasteiger partial charge in [0.2, 0.25) is 5.91 Å². The van der Waals surface area contributed by atoms with Crippen LogP contribution >= 0.6 is 15.9 Å². The van der Waals surface area contributed by atoms with Gasteiger partial charge in [0.1, 0.15) is 5.75 Å². The second kappa shape index (κ2) is 9.72. The van der Waals surface area contributed by atoms with Gasteiger partial charge in [-0.25, -0.2) is 5.43 Å². The highest BCUT2D eigenvalue weighted by atomic mass is 79.9. The van der Waals surface area contributed by atoms with Crippen molar-refractivity contribution in [3.8, 4) is 5.75 Å². The molecule has 2 N–H and O–H groups in total. The Morgan fingerprint density at radius 3 is 2.46 bits per heavy atom. The summed E-state index contributed by atoms with van der Waals surface area (Å²) in [5, 5.41) is 6.79. The maximum absolute atomic E-state index is 12.1. The van der Waals surface area contributed by atoms with E-state index < -0.39 is 0 Å². The quantitative estimate of drug-likeness (QED) is 0.535. The fourth-order valence-corrected chi connectivity index (χ4v) is 2.60. The largest absolute Gasteiger partial charge is 0.497 e. The summed E-state index contributed by atoms with van der Waals surface area (Å²) in [6.45, 7) is 2.10. The molecule has 136 valence electrons. The zero-order valence-electron chi connectivity index (χ0n) is 14.6. The molecule has 0 aliphatic carbocycles. The smallest absolute Gasteiger partial charge is 0.272 e. The Balaban J connectivity index is 1.81. The van der Waals surface area contributed by atoms with Crippen molar-refractivity contribution in [2.24, 2.45) is 5.10 Å². The van der Waals surface area contributed by atoms with Crippen molar-refractivity contribution in [2.45, 2.75) is 19.9 Å². The van der Waals surface area contributed by atoms with E-state index >= 15 is 0 Å². The van der Waals surface area contributed by atoms with Gasteiger partial charge in [-0.1, -0.05) is 24.3 Å². The van der Waals surface area contributed by atoms with Gasteiger partial charge < -0.3 is 10.1 Å². The molecule has 7 heteroatoms. The molecule has 0 spiro atoms. The number of hydrogen-bond acceptors (Lipinski definition) is 4. The predicted octanol–water partition coefficient (Wildman–Crippen LogP) is 3.27. The lowest BCUT2D eigenvalue weighted by Crippen LogP contribution is -2.26. The van der Waals surface area contributed by atoms with Gasteiger partial charge in [-0.15, -0.1) is 0 Å². The van der Waals surface area contributed by atoms with Crippen molar-refractivity contribution in [2.75, 3.05) is 7.11 Å². The SMILES string of the molecule is COc1ccc(CNC(=O)C/C(C)=N/NC(=O)c2ccccc2Br)cc1. The Bertz CT molecular complexity index is 804. The van der Waals surface area contributed by atoms with Crippen molar-refractivity contribution < 1.29 is 14.3 Å². The second-order valence-corrected chi connectivity index (χ2v) is 6.42. The lowest BCUT2D eigenvalue weighted by atomic mass is 10.2. The number of hydrogen-bond donors (Lipinski definition) is 2. The molecule has 0 aromatic heterocycles. The van der Waals surface area contributed by atoms with Crippen LogP contribution in [0.3, 0.4) is 0 Å². The van der Waals surface area contributed by atoms with E-state index in [-0.39, 0.29) is 18.2 Å². The molecule has 2 amide bonds. The first kappa shape index (κ1) is 19.7. The summed E-state index contributed by atoms with van der Waals surface area (Å²) >= 11 is 3.31. The van der Waals surface area contributed by atoms with Gasteiger partial charge in [-0.2, -0.15) is 5.10 Å². The number of carbonyl (C=O) groups is 2. The summed E-state index contributed by atoms with van der Waals surface area (Å²) in [6, 6.07) is 14.5. The van der Waals surface area contributed by atoms with Crippen LogP contribution in [0.25, 0.3) is 0 Å². The van der Waals surface area contributed by atoms with E-state index in [4.69, 9.17) is 4.74 Å². The molecular formula is C19H20BrN3O3. The van der Waals surface area contributed by atoms with E-state index in [1.165, 1.54) is 0 Å². The average Bonchev–Trinajstić information content (AvgIpc) is 2.65. The molecule has 0 aliphatic rings. The first-order valence-corrected chi connectivity index (χ1v) is 8.76. The van der Waals surface area contributed by atoms with Crippen molar-refractivity contribution in [1.29, 1.82) is 0 Å². The number of nitrogens with one attached hydrogen (secondary N) is 2. The summed E-state index contributed by atoms with van der Waals surface area (Å²) in [7, 11) is 1.61. The third kappa shape index (κ3) is 6.00. The number of ether oxygens (including phenoxy) is 1. The Morgan fingerprint density at radius 2 is 1.81 bits per heavy atom. The Kier molecular flexibility index (Phi) is 7.35. The van der Waals surface area contributed by atoms with E-state index in [0.717, 1.165) is 11.3 Å². The summed E-state index contributed by atoms with van der Waals surface area (Å²) < 4.78 is 5.78. The molecule has 0 atom stereocenters. The van der Waals surface area contributed by atoms with Crippen LogP contribution in [0.5, 0.6) is 5.75 Å². The molecule has 0 aliphatic heterocycles. The van der Waals surface area contributed by atoms with Gasteiger partial charge in [0, 0.05) is 16.7 Å². The van der Waals surface area contributed by atoms with Crippen molar-refractivity contribution >= 4 is 33.5 Å². The predicted molar refractivity (Wildman–Crippen MR) is 104 cm³/mol. The molecular weight excluding hydrogens is 398 g/mol. The Morgan fingerprint density at radius 1 is 1.12 bits per heavy atom. The third-order valence-electron chi connectivity index (χ3n) is 3.53. The van der Waals surface area contributed by atoms with Crippen molar-refractivity contribution in [1.82, 2.24) is 10.7 Å². The fourth-order valence-electron chi connectivity index (χ4n) is 2.13. The number of rotatable bonds is 7. The summed E-state index contributed by atoms with van der Waals surface area (Å²) in [4.78, 5) is 24.0. The topological polar surface area (TPSA) is 79.8 Å². The highest BCUT2D eigenvalue weighted by Gasteiger charge is 2.09. The second-order valence-electron chi connectivity index (χ2n) is 5.57. The molecule has 0 saturated heterocycles. The van der Waals surface area contributed by atoms with Crippen LogP contribution in [-0.2, 0) is 11.3 Å². The number of carbonyl (C=O) groups excluding carboxylic acids is 2. The van der Waals surface area contributed by atoms with E-state index in [1.807, 2.05) is 30.3 Å². The van der Waals surface area contributed by atoms with E-state index in [2.05, 4.69) is 31.8 Å². The van der Waals surface area contributed by atoms with E-state index in [1.54, 1.807) is 32.2 Å². The molecule has 0 bridgehead atoms.